The number of ether oxygens (including phenoxy) is 1. The maximum Gasteiger partial charge on any atom is 0.244 e. The highest BCUT2D eigenvalue weighted by Gasteiger charge is 2.30. The number of carbonyl (C=O) groups excluding carboxylic acids is 1. The second-order valence-electron chi connectivity index (χ2n) is 8.00. The normalized spacial score (nSPS) is 11.5. The fourth-order valence-corrected chi connectivity index (χ4v) is 5.98. The van der Waals surface area contributed by atoms with Crippen LogP contribution >= 0.6 is 23.2 Å². The van der Waals surface area contributed by atoms with Gasteiger partial charge >= 0.3 is 0 Å². The molecule has 0 radical (unpaired) electrons. The third-order valence-corrected chi connectivity index (χ3v) is 8.08. The van der Waals surface area contributed by atoms with Gasteiger partial charge in [-0.15, -0.1) is 0 Å². The molecule has 34 heavy (non-hydrogen) atoms. The molecule has 0 aliphatic heterocycles. The molecule has 1 N–H and O–H groups in total. The summed E-state index contributed by atoms with van der Waals surface area (Å²) < 4.78 is 34.0. The molecule has 0 aliphatic carbocycles. The highest BCUT2D eigenvalue weighted by atomic mass is 35.5. The number of hydrogen-bond donors (Lipinski definition) is 1. The molecule has 1 amide bonds. The fraction of sp³-hybridized carbons (Fsp3) is 0.240. The molecule has 0 fully saturated rings. The molecule has 6 nitrogen and oxygen atoms in total. The average Bonchev–Trinajstić information content (AvgIpc) is 2.75. The molecule has 3 aromatic rings. The molecular formula is C25H26Cl2N2O4S. The number of rotatable bonds is 8. The number of para-hydroxylation sites is 2. The molecule has 0 unspecified atom stereocenters. The molecule has 9 heteroatoms. The molecule has 3 rings (SSSR count). The van der Waals surface area contributed by atoms with Crippen LogP contribution in [0.25, 0.3) is 0 Å². The van der Waals surface area contributed by atoms with Crippen molar-refractivity contribution in [2.24, 2.45) is 0 Å². The number of benzene rings is 3. The van der Waals surface area contributed by atoms with Gasteiger partial charge in [0.2, 0.25) is 15.9 Å². The lowest BCUT2D eigenvalue weighted by molar-refractivity contribution is -0.116. The third-order valence-electron chi connectivity index (χ3n) is 5.25. The van der Waals surface area contributed by atoms with Gasteiger partial charge in [-0.1, -0.05) is 59.1 Å². The SMILES string of the molecule is COc1ccccc1NC(=O)CN(Cc1ccc(Cl)c(Cl)c1)S(=O)(=O)c1c(C)cc(C)cc1C. The Hall–Kier alpha value is -2.58. The Bertz CT molecular complexity index is 1300. The number of sulfonamides is 1. The topological polar surface area (TPSA) is 75.7 Å². The number of halogens is 2. The van der Waals surface area contributed by atoms with Crippen molar-refractivity contribution in [1.29, 1.82) is 0 Å². The van der Waals surface area contributed by atoms with Crippen LogP contribution in [-0.2, 0) is 21.4 Å². The van der Waals surface area contributed by atoms with Crippen LogP contribution in [0, 0.1) is 20.8 Å². The van der Waals surface area contributed by atoms with E-state index < -0.39 is 22.5 Å². The van der Waals surface area contributed by atoms with Gasteiger partial charge in [-0.3, -0.25) is 4.79 Å². The summed E-state index contributed by atoms with van der Waals surface area (Å²) in [4.78, 5) is 13.2. The van der Waals surface area contributed by atoms with Crippen molar-refractivity contribution in [2.75, 3.05) is 19.0 Å². The summed E-state index contributed by atoms with van der Waals surface area (Å²) >= 11 is 12.2. The zero-order chi connectivity index (χ0) is 25.0. The molecule has 0 saturated carbocycles. The van der Waals surface area contributed by atoms with Crippen LogP contribution in [0.4, 0.5) is 5.69 Å². The van der Waals surface area contributed by atoms with E-state index in [1.165, 1.54) is 7.11 Å². The summed E-state index contributed by atoms with van der Waals surface area (Å²) in [5.74, 6) is -0.0319. The first-order valence-corrected chi connectivity index (χ1v) is 12.7. The molecule has 0 spiro atoms. The number of methoxy groups -OCH3 is 1. The Morgan fingerprint density at radius 3 is 2.24 bits per heavy atom. The Morgan fingerprint density at radius 2 is 1.62 bits per heavy atom. The van der Waals surface area contributed by atoms with Gasteiger partial charge < -0.3 is 10.1 Å². The minimum Gasteiger partial charge on any atom is -0.495 e. The zero-order valence-electron chi connectivity index (χ0n) is 19.4. The Morgan fingerprint density at radius 1 is 0.971 bits per heavy atom. The van der Waals surface area contributed by atoms with Crippen LogP contribution in [0.5, 0.6) is 5.75 Å². The van der Waals surface area contributed by atoms with Crippen molar-refractivity contribution in [1.82, 2.24) is 4.31 Å². The summed E-state index contributed by atoms with van der Waals surface area (Å²) in [6.07, 6.45) is 0. The van der Waals surface area contributed by atoms with Gasteiger partial charge in [-0.25, -0.2) is 8.42 Å². The Kier molecular flexibility index (Phi) is 8.25. The lowest BCUT2D eigenvalue weighted by Gasteiger charge is -2.24. The van der Waals surface area contributed by atoms with E-state index in [1.54, 1.807) is 56.3 Å². The van der Waals surface area contributed by atoms with E-state index in [9.17, 15) is 13.2 Å². The highest BCUT2D eigenvalue weighted by molar-refractivity contribution is 7.89. The second-order valence-corrected chi connectivity index (χ2v) is 10.7. The molecule has 0 aliphatic rings. The number of carbonyl (C=O) groups is 1. The maximum absolute atomic E-state index is 13.8. The van der Waals surface area contributed by atoms with Gasteiger partial charge in [0.1, 0.15) is 5.75 Å². The first-order valence-electron chi connectivity index (χ1n) is 10.5. The van der Waals surface area contributed by atoms with E-state index >= 15 is 0 Å². The first kappa shape index (κ1) is 26.0. The predicted molar refractivity (Wildman–Crippen MR) is 136 cm³/mol. The molecule has 0 heterocycles. The Balaban J connectivity index is 2.00. The number of hydrogen-bond acceptors (Lipinski definition) is 4. The Labute approximate surface area is 210 Å². The van der Waals surface area contributed by atoms with Gasteiger partial charge in [-0.05, 0) is 61.7 Å². The highest BCUT2D eigenvalue weighted by Crippen LogP contribution is 2.29. The van der Waals surface area contributed by atoms with E-state index in [1.807, 2.05) is 19.1 Å². The number of nitrogens with one attached hydrogen (secondary N) is 1. The van der Waals surface area contributed by atoms with Gasteiger partial charge in [0.05, 0.1) is 34.3 Å². The summed E-state index contributed by atoms with van der Waals surface area (Å²) in [5.41, 5.74) is 3.23. The van der Waals surface area contributed by atoms with Crippen LogP contribution in [-0.4, -0.2) is 32.3 Å². The summed E-state index contributed by atoms with van der Waals surface area (Å²) in [6.45, 7) is 4.93. The molecular weight excluding hydrogens is 495 g/mol. The predicted octanol–water partition coefficient (Wildman–Crippen LogP) is 5.76. The van der Waals surface area contributed by atoms with E-state index in [0.29, 0.717) is 38.2 Å². The van der Waals surface area contributed by atoms with Crippen molar-refractivity contribution < 1.29 is 17.9 Å². The molecule has 0 aromatic heterocycles. The minimum absolute atomic E-state index is 0.0642. The standard InChI is InChI=1S/C25H26Cl2N2O4S/c1-16-11-17(2)25(18(3)12-16)34(31,32)29(14-19-9-10-20(26)21(27)13-19)15-24(30)28-22-7-5-6-8-23(22)33-4/h5-13H,14-15H2,1-4H3,(H,28,30). The van der Waals surface area contributed by atoms with Gasteiger partial charge in [-0.2, -0.15) is 4.31 Å². The summed E-state index contributed by atoms with van der Waals surface area (Å²) in [5, 5.41) is 3.41. The van der Waals surface area contributed by atoms with E-state index in [-0.39, 0.29) is 11.4 Å². The second kappa shape index (κ2) is 10.8. The summed E-state index contributed by atoms with van der Waals surface area (Å²) in [6, 6.07) is 15.4. The molecule has 0 bridgehead atoms. The maximum atomic E-state index is 13.8. The van der Waals surface area contributed by atoms with Crippen molar-refractivity contribution in [2.45, 2.75) is 32.2 Å². The summed E-state index contributed by atoms with van der Waals surface area (Å²) in [7, 11) is -2.54. The monoisotopic (exact) mass is 520 g/mol. The lowest BCUT2D eigenvalue weighted by atomic mass is 10.1. The van der Waals surface area contributed by atoms with Crippen LogP contribution in [0.2, 0.25) is 10.0 Å². The fourth-order valence-electron chi connectivity index (χ4n) is 3.87. The molecule has 0 atom stereocenters. The quantitative estimate of drug-likeness (QED) is 0.409. The third kappa shape index (κ3) is 5.91. The van der Waals surface area contributed by atoms with Crippen molar-refractivity contribution in [3.63, 3.8) is 0 Å². The number of amides is 1. The largest absolute Gasteiger partial charge is 0.495 e. The molecule has 0 saturated heterocycles. The number of anilines is 1. The number of nitrogens with zero attached hydrogens (tertiary/aromatic N) is 1. The average molecular weight is 521 g/mol. The zero-order valence-corrected chi connectivity index (χ0v) is 21.7. The van der Waals surface area contributed by atoms with E-state index in [2.05, 4.69) is 5.32 Å². The van der Waals surface area contributed by atoms with E-state index in [4.69, 9.17) is 27.9 Å². The van der Waals surface area contributed by atoms with Crippen LogP contribution in [0.15, 0.2) is 59.5 Å². The van der Waals surface area contributed by atoms with Crippen molar-refractivity contribution >= 4 is 44.8 Å². The van der Waals surface area contributed by atoms with Crippen molar-refractivity contribution in [3.05, 3.63) is 86.9 Å². The van der Waals surface area contributed by atoms with Crippen LogP contribution < -0.4 is 10.1 Å². The van der Waals surface area contributed by atoms with Crippen molar-refractivity contribution in [3.8, 4) is 5.75 Å². The van der Waals surface area contributed by atoms with E-state index in [0.717, 1.165) is 9.87 Å². The van der Waals surface area contributed by atoms with Gasteiger partial charge in [0.25, 0.3) is 0 Å². The van der Waals surface area contributed by atoms with Gasteiger partial charge in [0.15, 0.2) is 0 Å². The number of aryl methyl sites for hydroxylation is 3. The molecule has 3 aromatic carbocycles. The minimum atomic E-state index is -4.04. The molecule has 180 valence electrons. The first-order chi connectivity index (χ1) is 16.0. The lowest BCUT2D eigenvalue weighted by Crippen LogP contribution is -2.38. The van der Waals surface area contributed by atoms with Crippen LogP contribution in [0.1, 0.15) is 22.3 Å². The van der Waals surface area contributed by atoms with Gasteiger partial charge in [0, 0.05) is 6.54 Å². The smallest absolute Gasteiger partial charge is 0.244 e. The van der Waals surface area contributed by atoms with Crippen LogP contribution in [0.3, 0.4) is 0 Å².